The van der Waals surface area contributed by atoms with Crippen LogP contribution >= 0.6 is 11.8 Å². The summed E-state index contributed by atoms with van der Waals surface area (Å²) < 4.78 is 10.3. The van der Waals surface area contributed by atoms with Crippen molar-refractivity contribution >= 4 is 28.6 Å². The molecule has 0 atom stereocenters. The van der Waals surface area contributed by atoms with Crippen LogP contribution in [0.3, 0.4) is 0 Å². The molecule has 8 nitrogen and oxygen atoms in total. The molecular formula is C19H14N4O4S. The molecule has 0 aliphatic rings. The van der Waals surface area contributed by atoms with Gasteiger partial charge in [-0.1, -0.05) is 30.0 Å². The van der Waals surface area contributed by atoms with Gasteiger partial charge >= 0.3 is 5.97 Å². The minimum Gasteiger partial charge on any atom is -0.465 e. The summed E-state index contributed by atoms with van der Waals surface area (Å²) in [6.45, 7) is 0. The normalized spacial score (nSPS) is 10.9. The maximum Gasteiger partial charge on any atom is 0.337 e. The van der Waals surface area contributed by atoms with Crippen molar-refractivity contribution in [3.63, 3.8) is 0 Å². The number of H-pyrrole nitrogens is 1. The molecule has 28 heavy (non-hydrogen) atoms. The van der Waals surface area contributed by atoms with Gasteiger partial charge in [0.1, 0.15) is 5.82 Å². The lowest BCUT2D eigenvalue weighted by Crippen LogP contribution is -2.12. The van der Waals surface area contributed by atoms with Crippen LogP contribution in [0.15, 0.2) is 63.0 Å². The van der Waals surface area contributed by atoms with Gasteiger partial charge in [0, 0.05) is 5.56 Å². The molecule has 0 aliphatic carbocycles. The lowest BCUT2D eigenvalue weighted by molar-refractivity contribution is 0.0601. The summed E-state index contributed by atoms with van der Waals surface area (Å²) in [5.74, 6) is 0.693. The molecule has 0 fully saturated rings. The molecule has 9 heteroatoms. The third-order valence-corrected chi connectivity index (χ3v) is 4.77. The van der Waals surface area contributed by atoms with Crippen LogP contribution < -0.4 is 5.56 Å². The minimum absolute atomic E-state index is 0.285. The molecule has 2 heterocycles. The molecule has 140 valence electrons. The highest BCUT2D eigenvalue weighted by molar-refractivity contribution is 7.98. The van der Waals surface area contributed by atoms with Gasteiger partial charge in [0.15, 0.2) is 0 Å². The van der Waals surface area contributed by atoms with Crippen LogP contribution in [0.5, 0.6) is 0 Å². The van der Waals surface area contributed by atoms with E-state index in [1.807, 2.05) is 30.3 Å². The van der Waals surface area contributed by atoms with Gasteiger partial charge in [0.05, 0.1) is 29.3 Å². The summed E-state index contributed by atoms with van der Waals surface area (Å²) in [5, 5.41) is 8.79. The molecule has 0 radical (unpaired) electrons. The fourth-order valence-corrected chi connectivity index (χ4v) is 3.23. The number of rotatable bonds is 5. The maximum absolute atomic E-state index is 12.3. The van der Waals surface area contributed by atoms with Crippen LogP contribution in [0.2, 0.25) is 0 Å². The first-order valence-corrected chi connectivity index (χ1v) is 9.25. The number of nitrogens with zero attached hydrogens (tertiary/aromatic N) is 3. The third-order valence-electron chi connectivity index (χ3n) is 3.94. The Labute approximate surface area is 163 Å². The molecule has 0 amide bonds. The van der Waals surface area contributed by atoms with E-state index in [9.17, 15) is 9.59 Å². The number of carbonyl (C=O) groups is 1. The first-order valence-electron chi connectivity index (χ1n) is 8.27. The fraction of sp³-hybridized carbons (Fsp3) is 0.105. The predicted molar refractivity (Wildman–Crippen MR) is 103 cm³/mol. The van der Waals surface area contributed by atoms with Crippen molar-refractivity contribution in [3.05, 3.63) is 70.3 Å². The van der Waals surface area contributed by atoms with Gasteiger partial charge in [0.25, 0.3) is 10.8 Å². The van der Waals surface area contributed by atoms with Crippen LogP contribution in [0.25, 0.3) is 22.4 Å². The first kappa shape index (κ1) is 17.9. The van der Waals surface area contributed by atoms with Crippen molar-refractivity contribution < 1.29 is 13.9 Å². The number of thioether (sulfide) groups is 1. The van der Waals surface area contributed by atoms with Crippen LogP contribution in [0, 0.1) is 0 Å². The zero-order valence-corrected chi connectivity index (χ0v) is 15.5. The molecule has 0 aliphatic heterocycles. The lowest BCUT2D eigenvalue weighted by atomic mass is 10.1. The van der Waals surface area contributed by atoms with E-state index in [1.165, 1.54) is 31.0 Å². The number of hydrogen-bond donors (Lipinski definition) is 1. The standard InChI is InChI=1S/C19H14N4O4S/c1-26-18(25)12-7-8-13-14(9-12)20-15(21-16(13)24)10-28-19-23-22-17(27-19)11-5-3-2-4-6-11/h2-9H,10H2,1H3,(H,20,21,24). The lowest BCUT2D eigenvalue weighted by Gasteiger charge is -2.03. The van der Waals surface area contributed by atoms with E-state index in [1.54, 1.807) is 6.07 Å². The van der Waals surface area contributed by atoms with Gasteiger partial charge < -0.3 is 14.1 Å². The van der Waals surface area contributed by atoms with Gasteiger partial charge in [-0.25, -0.2) is 9.78 Å². The summed E-state index contributed by atoms with van der Waals surface area (Å²) in [6, 6.07) is 14.1. The highest BCUT2D eigenvalue weighted by atomic mass is 32.2. The van der Waals surface area contributed by atoms with Crippen LogP contribution in [0.1, 0.15) is 16.2 Å². The average Bonchev–Trinajstić information content (AvgIpc) is 3.21. The average molecular weight is 394 g/mol. The highest BCUT2D eigenvalue weighted by Gasteiger charge is 2.12. The second-order valence-corrected chi connectivity index (χ2v) is 6.69. The molecule has 0 bridgehead atoms. The Morgan fingerprint density at radius 1 is 1.18 bits per heavy atom. The number of hydrogen-bond acceptors (Lipinski definition) is 8. The van der Waals surface area contributed by atoms with Crippen molar-refractivity contribution in [2.75, 3.05) is 7.11 Å². The minimum atomic E-state index is -0.487. The summed E-state index contributed by atoms with van der Waals surface area (Å²) in [5.41, 5.74) is 1.29. The van der Waals surface area contributed by atoms with E-state index < -0.39 is 5.97 Å². The first-order chi connectivity index (χ1) is 13.6. The number of benzene rings is 2. The smallest absolute Gasteiger partial charge is 0.337 e. The number of carbonyl (C=O) groups excluding carboxylic acids is 1. The van der Waals surface area contributed by atoms with Crippen LogP contribution in [-0.2, 0) is 10.5 Å². The largest absolute Gasteiger partial charge is 0.465 e. The van der Waals surface area contributed by atoms with Crippen molar-refractivity contribution in [1.29, 1.82) is 0 Å². The number of ether oxygens (including phenoxy) is 1. The predicted octanol–water partition coefficient (Wildman–Crippen LogP) is 3.05. The van der Waals surface area contributed by atoms with Crippen molar-refractivity contribution in [1.82, 2.24) is 20.2 Å². The fourth-order valence-electron chi connectivity index (χ4n) is 2.60. The Hall–Kier alpha value is -3.46. The Kier molecular flexibility index (Phi) is 4.90. The molecule has 0 unspecified atom stereocenters. The zero-order chi connectivity index (χ0) is 19.5. The summed E-state index contributed by atoms with van der Waals surface area (Å²) >= 11 is 1.26. The molecular weight excluding hydrogens is 380 g/mol. The number of aromatic amines is 1. The molecule has 2 aromatic heterocycles. The second-order valence-electron chi connectivity index (χ2n) is 5.76. The molecule has 2 aromatic carbocycles. The summed E-state index contributed by atoms with van der Waals surface area (Å²) in [7, 11) is 1.30. The van der Waals surface area contributed by atoms with Crippen molar-refractivity contribution in [2.24, 2.45) is 0 Å². The quantitative estimate of drug-likeness (QED) is 0.406. The molecule has 0 spiro atoms. The highest BCUT2D eigenvalue weighted by Crippen LogP contribution is 2.25. The Bertz CT molecular complexity index is 1200. The number of methoxy groups -OCH3 is 1. The zero-order valence-electron chi connectivity index (χ0n) is 14.7. The van der Waals surface area contributed by atoms with Gasteiger partial charge in [-0.05, 0) is 30.3 Å². The van der Waals surface area contributed by atoms with E-state index in [-0.39, 0.29) is 5.56 Å². The maximum atomic E-state index is 12.3. The van der Waals surface area contributed by atoms with E-state index >= 15 is 0 Å². The van der Waals surface area contributed by atoms with Gasteiger partial charge in [-0.3, -0.25) is 4.79 Å². The summed E-state index contributed by atoms with van der Waals surface area (Å²) in [4.78, 5) is 31.1. The van der Waals surface area contributed by atoms with E-state index in [0.717, 1.165) is 5.56 Å². The molecule has 0 saturated carbocycles. The van der Waals surface area contributed by atoms with E-state index in [2.05, 4.69) is 20.2 Å². The van der Waals surface area contributed by atoms with Crippen molar-refractivity contribution in [3.8, 4) is 11.5 Å². The molecule has 4 aromatic rings. The molecule has 1 N–H and O–H groups in total. The van der Waals surface area contributed by atoms with Crippen molar-refractivity contribution in [2.45, 2.75) is 11.0 Å². The molecule has 0 saturated heterocycles. The van der Waals surface area contributed by atoms with Gasteiger partial charge in [-0.15, -0.1) is 10.2 Å². The van der Waals surface area contributed by atoms with Gasteiger partial charge in [0.2, 0.25) is 5.89 Å². The Balaban J connectivity index is 1.56. The topological polar surface area (TPSA) is 111 Å². The van der Waals surface area contributed by atoms with Crippen LogP contribution in [0.4, 0.5) is 0 Å². The summed E-state index contributed by atoms with van der Waals surface area (Å²) in [6.07, 6.45) is 0. The van der Waals surface area contributed by atoms with E-state index in [0.29, 0.717) is 39.2 Å². The van der Waals surface area contributed by atoms with E-state index in [4.69, 9.17) is 9.15 Å². The van der Waals surface area contributed by atoms with Gasteiger partial charge in [-0.2, -0.15) is 0 Å². The monoisotopic (exact) mass is 394 g/mol. The number of nitrogens with one attached hydrogen (secondary N) is 1. The Morgan fingerprint density at radius 3 is 2.79 bits per heavy atom. The number of esters is 1. The Morgan fingerprint density at radius 2 is 2.00 bits per heavy atom. The SMILES string of the molecule is COC(=O)c1ccc2c(=O)[nH]c(CSc3nnc(-c4ccccc4)o3)nc2c1. The number of aromatic nitrogens is 4. The van der Waals surface area contributed by atoms with Crippen LogP contribution in [-0.4, -0.2) is 33.2 Å². The number of fused-ring (bicyclic) bond motifs is 1. The molecule has 4 rings (SSSR count). The second kappa shape index (κ2) is 7.65. The third kappa shape index (κ3) is 3.65.